The molecule has 2 unspecified atom stereocenters. The summed E-state index contributed by atoms with van der Waals surface area (Å²) < 4.78 is 0. The van der Waals surface area contributed by atoms with Crippen LogP contribution in [0.4, 0.5) is 0 Å². The Labute approximate surface area is 69.1 Å². The largest absolute Gasteiger partial charge is 0.299 e. The fourth-order valence-corrected chi connectivity index (χ4v) is 2.55. The lowest BCUT2D eigenvalue weighted by Gasteiger charge is -2.19. The van der Waals surface area contributed by atoms with Gasteiger partial charge >= 0.3 is 0 Å². The Morgan fingerprint density at radius 3 is 2.45 bits per heavy atom. The van der Waals surface area contributed by atoms with Gasteiger partial charge < -0.3 is 0 Å². The molecule has 0 aromatic carbocycles. The third kappa shape index (κ3) is 0.943. The standard InChI is InChI=1S/C10H17N/c1-4-5-11-6-8-9(7-11)10(8,2)3/h4,8-9H,1,5-7H2,2-3H3. The predicted octanol–water partition coefficient (Wildman–Crippen LogP) is 1.76. The molecule has 0 bridgehead atoms. The van der Waals surface area contributed by atoms with Crippen molar-refractivity contribution >= 4 is 0 Å². The molecule has 2 atom stereocenters. The fourth-order valence-electron chi connectivity index (χ4n) is 2.55. The van der Waals surface area contributed by atoms with Gasteiger partial charge in [0.05, 0.1) is 0 Å². The van der Waals surface area contributed by atoms with Gasteiger partial charge in [-0.1, -0.05) is 19.9 Å². The topological polar surface area (TPSA) is 3.24 Å². The minimum absolute atomic E-state index is 0.664. The third-order valence-electron chi connectivity index (χ3n) is 3.58. The summed E-state index contributed by atoms with van der Waals surface area (Å²) in [5.74, 6) is 1.98. The molecule has 0 radical (unpaired) electrons. The van der Waals surface area contributed by atoms with Gasteiger partial charge in [0.25, 0.3) is 0 Å². The Bertz CT molecular complexity index is 169. The summed E-state index contributed by atoms with van der Waals surface area (Å²) in [6, 6.07) is 0. The zero-order valence-electron chi connectivity index (χ0n) is 7.51. The Hall–Kier alpha value is -0.300. The first-order valence-electron chi connectivity index (χ1n) is 4.49. The molecule has 1 saturated carbocycles. The van der Waals surface area contributed by atoms with Crippen molar-refractivity contribution < 1.29 is 0 Å². The second kappa shape index (κ2) is 2.10. The lowest BCUT2D eigenvalue weighted by molar-refractivity contribution is 0.281. The molecule has 1 aliphatic heterocycles. The first-order valence-corrected chi connectivity index (χ1v) is 4.49. The Kier molecular flexibility index (Phi) is 1.40. The van der Waals surface area contributed by atoms with E-state index in [-0.39, 0.29) is 0 Å². The molecule has 1 nitrogen and oxygen atoms in total. The van der Waals surface area contributed by atoms with Crippen LogP contribution in [0.2, 0.25) is 0 Å². The maximum Gasteiger partial charge on any atom is 0.0160 e. The molecular weight excluding hydrogens is 134 g/mol. The second-order valence-electron chi connectivity index (χ2n) is 4.54. The molecule has 0 aromatic heterocycles. The van der Waals surface area contributed by atoms with Crippen molar-refractivity contribution in [3.63, 3.8) is 0 Å². The van der Waals surface area contributed by atoms with Gasteiger partial charge in [0.15, 0.2) is 0 Å². The molecule has 62 valence electrons. The van der Waals surface area contributed by atoms with Gasteiger partial charge in [0.2, 0.25) is 0 Å². The highest BCUT2D eigenvalue weighted by molar-refractivity contribution is 5.11. The SMILES string of the molecule is C=CCN1CC2C(C1)C2(C)C. The lowest BCUT2D eigenvalue weighted by Crippen LogP contribution is -2.26. The molecule has 2 rings (SSSR count). The van der Waals surface area contributed by atoms with Gasteiger partial charge in [-0.05, 0) is 17.3 Å². The van der Waals surface area contributed by atoms with Crippen LogP contribution in [-0.2, 0) is 0 Å². The molecule has 2 fully saturated rings. The molecule has 1 heterocycles. The Morgan fingerprint density at radius 2 is 2.00 bits per heavy atom. The van der Waals surface area contributed by atoms with E-state index in [0.29, 0.717) is 5.41 Å². The highest BCUT2D eigenvalue weighted by Crippen LogP contribution is 2.61. The van der Waals surface area contributed by atoms with Gasteiger partial charge in [0.1, 0.15) is 0 Å². The number of rotatable bonds is 2. The average Bonchev–Trinajstić information content (AvgIpc) is 2.37. The first-order chi connectivity index (χ1) is 5.16. The van der Waals surface area contributed by atoms with Crippen LogP contribution in [-0.4, -0.2) is 24.5 Å². The van der Waals surface area contributed by atoms with E-state index in [1.165, 1.54) is 13.1 Å². The molecule has 1 heteroatoms. The van der Waals surface area contributed by atoms with E-state index in [0.717, 1.165) is 18.4 Å². The highest BCUT2D eigenvalue weighted by Gasteiger charge is 2.61. The van der Waals surface area contributed by atoms with Crippen LogP contribution < -0.4 is 0 Å². The summed E-state index contributed by atoms with van der Waals surface area (Å²) in [5.41, 5.74) is 0.664. The van der Waals surface area contributed by atoms with Crippen molar-refractivity contribution in [2.75, 3.05) is 19.6 Å². The maximum absolute atomic E-state index is 3.76. The van der Waals surface area contributed by atoms with E-state index in [4.69, 9.17) is 0 Å². The van der Waals surface area contributed by atoms with Gasteiger partial charge in [-0.2, -0.15) is 0 Å². The van der Waals surface area contributed by atoms with Crippen molar-refractivity contribution in [1.29, 1.82) is 0 Å². The van der Waals surface area contributed by atoms with Crippen molar-refractivity contribution in [1.82, 2.24) is 4.90 Å². The lowest BCUT2D eigenvalue weighted by atomic mass is 10.1. The van der Waals surface area contributed by atoms with E-state index in [9.17, 15) is 0 Å². The third-order valence-corrected chi connectivity index (χ3v) is 3.58. The number of nitrogens with zero attached hydrogens (tertiary/aromatic N) is 1. The van der Waals surface area contributed by atoms with Crippen LogP contribution in [0.1, 0.15) is 13.8 Å². The number of fused-ring (bicyclic) bond motifs is 1. The number of hydrogen-bond acceptors (Lipinski definition) is 1. The molecule has 0 N–H and O–H groups in total. The minimum Gasteiger partial charge on any atom is -0.299 e. The van der Waals surface area contributed by atoms with E-state index >= 15 is 0 Å². The van der Waals surface area contributed by atoms with Gasteiger partial charge in [0, 0.05) is 19.6 Å². The smallest absolute Gasteiger partial charge is 0.0160 e. The number of likely N-dealkylation sites (tertiary alicyclic amines) is 1. The van der Waals surface area contributed by atoms with E-state index in [1.807, 2.05) is 6.08 Å². The van der Waals surface area contributed by atoms with Gasteiger partial charge in [-0.3, -0.25) is 4.90 Å². The number of piperidine rings is 1. The summed E-state index contributed by atoms with van der Waals surface area (Å²) in [6.07, 6.45) is 2.01. The van der Waals surface area contributed by atoms with Crippen molar-refractivity contribution in [2.24, 2.45) is 17.3 Å². The van der Waals surface area contributed by atoms with E-state index in [1.54, 1.807) is 0 Å². The van der Waals surface area contributed by atoms with E-state index in [2.05, 4.69) is 25.3 Å². The molecule has 2 aliphatic rings. The normalized spacial score (nSPS) is 40.2. The molecule has 11 heavy (non-hydrogen) atoms. The van der Waals surface area contributed by atoms with Crippen LogP contribution in [0.5, 0.6) is 0 Å². The zero-order chi connectivity index (χ0) is 8.06. The quantitative estimate of drug-likeness (QED) is 0.544. The molecular formula is C10H17N. The van der Waals surface area contributed by atoms with E-state index < -0.39 is 0 Å². The van der Waals surface area contributed by atoms with Crippen LogP contribution in [0, 0.1) is 17.3 Å². The molecule has 1 saturated heterocycles. The Balaban J connectivity index is 1.89. The summed E-state index contributed by atoms with van der Waals surface area (Å²) >= 11 is 0. The molecule has 0 aromatic rings. The zero-order valence-corrected chi connectivity index (χ0v) is 7.51. The first kappa shape index (κ1) is 7.35. The molecule has 0 amide bonds. The summed E-state index contributed by atoms with van der Waals surface area (Å²) in [7, 11) is 0. The van der Waals surface area contributed by atoms with Crippen molar-refractivity contribution in [2.45, 2.75) is 13.8 Å². The van der Waals surface area contributed by atoms with Crippen molar-refractivity contribution in [3.8, 4) is 0 Å². The summed E-state index contributed by atoms with van der Waals surface area (Å²) in [4.78, 5) is 2.51. The minimum atomic E-state index is 0.664. The maximum atomic E-state index is 3.76. The van der Waals surface area contributed by atoms with Crippen LogP contribution in [0.15, 0.2) is 12.7 Å². The molecule has 1 aliphatic carbocycles. The predicted molar refractivity (Wildman–Crippen MR) is 47.4 cm³/mol. The fraction of sp³-hybridized carbons (Fsp3) is 0.800. The average molecular weight is 151 g/mol. The highest BCUT2D eigenvalue weighted by atomic mass is 15.2. The van der Waals surface area contributed by atoms with Crippen LogP contribution in [0.25, 0.3) is 0 Å². The summed E-state index contributed by atoms with van der Waals surface area (Å²) in [5, 5.41) is 0. The van der Waals surface area contributed by atoms with Crippen LogP contribution >= 0.6 is 0 Å². The van der Waals surface area contributed by atoms with Gasteiger partial charge in [-0.25, -0.2) is 0 Å². The molecule has 0 spiro atoms. The summed E-state index contributed by atoms with van der Waals surface area (Å²) in [6.45, 7) is 12.3. The Morgan fingerprint density at radius 1 is 1.45 bits per heavy atom. The van der Waals surface area contributed by atoms with Crippen molar-refractivity contribution in [3.05, 3.63) is 12.7 Å². The second-order valence-corrected chi connectivity index (χ2v) is 4.54. The van der Waals surface area contributed by atoms with Gasteiger partial charge in [-0.15, -0.1) is 6.58 Å². The number of hydrogen-bond donors (Lipinski definition) is 0. The monoisotopic (exact) mass is 151 g/mol. The van der Waals surface area contributed by atoms with Crippen LogP contribution in [0.3, 0.4) is 0 Å².